The topological polar surface area (TPSA) is 77.9 Å². The molecule has 1 saturated heterocycles. The molecule has 10 heteroatoms. The van der Waals surface area contributed by atoms with E-state index in [0.717, 1.165) is 4.31 Å². The van der Waals surface area contributed by atoms with Gasteiger partial charge in [-0.2, -0.15) is 13.2 Å². The zero-order chi connectivity index (χ0) is 19.0. The van der Waals surface area contributed by atoms with Crippen LogP contribution in [-0.2, 0) is 21.4 Å². The van der Waals surface area contributed by atoms with Crippen LogP contribution < -0.4 is 0 Å². The number of hydrogen-bond acceptors (Lipinski definition) is 4. The van der Waals surface area contributed by atoms with Crippen LogP contribution in [0.5, 0.6) is 0 Å². The first-order valence-corrected chi connectivity index (χ1v) is 8.90. The molecule has 1 aromatic rings. The Labute approximate surface area is 143 Å². The normalized spacial score (nSPS) is 22.5. The standard InChI is InChI=1S/C15H19F3N2O4S/c1-19(2)25(23,24)11-5-3-4-10(6-11)7-20-8-12(14(21)22)13(9-20)15(16,17)18/h3-6,12-13H,7-9H2,1-2H3,(H,21,22)/t12-,13-/m1/s1. The molecule has 1 N–H and O–H groups in total. The van der Waals surface area contributed by atoms with Crippen molar-refractivity contribution < 1.29 is 31.5 Å². The minimum atomic E-state index is -4.59. The lowest BCUT2D eigenvalue weighted by Gasteiger charge is -2.19. The number of carbonyl (C=O) groups is 1. The Morgan fingerprint density at radius 2 is 1.96 bits per heavy atom. The molecule has 0 aliphatic carbocycles. The number of aliphatic carboxylic acids is 1. The van der Waals surface area contributed by atoms with Crippen LogP contribution in [0.2, 0.25) is 0 Å². The van der Waals surface area contributed by atoms with Crippen molar-refractivity contribution in [3.63, 3.8) is 0 Å². The first-order valence-electron chi connectivity index (χ1n) is 7.46. The third-order valence-electron chi connectivity index (χ3n) is 4.22. The first-order chi connectivity index (χ1) is 11.4. The third kappa shape index (κ3) is 4.31. The van der Waals surface area contributed by atoms with Gasteiger partial charge < -0.3 is 5.11 Å². The first kappa shape index (κ1) is 19.7. The fourth-order valence-corrected chi connectivity index (χ4v) is 3.84. The number of likely N-dealkylation sites (tertiary alicyclic amines) is 1. The lowest BCUT2D eigenvalue weighted by atomic mass is 9.96. The van der Waals surface area contributed by atoms with Gasteiger partial charge in [-0.15, -0.1) is 0 Å². The number of benzene rings is 1. The van der Waals surface area contributed by atoms with E-state index in [4.69, 9.17) is 5.11 Å². The van der Waals surface area contributed by atoms with Crippen molar-refractivity contribution >= 4 is 16.0 Å². The highest BCUT2D eigenvalue weighted by atomic mass is 32.2. The second kappa shape index (κ2) is 6.93. The average Bonchev–Trinajstić information content (AvgIpc) is 2.91. The van der Waals surface area contributed by atoms with Crippen LogP contribution in [0.1, 0.15) is 5.56 Å². The van der Waals surface area contributed by atoms with Crippen molar-refractivity contribution in [1.29, 1.82) is 0 Å². The van der Waals surface area contributed by atoms with Gasteiger partial charge in [-0.3, -0.25) is 9.69 Å². The quantitative estimate of drug-likeness (QED) is 0.840. The molecule has 1 aromatic carbocycles. The maximum Gasteiger partial charge on any atom is 0.393 e. The summed E-state index contributed by atoms with van der Waals surface area (Å²) in [6.07, 6.45) is -4.59. The molecule has 2 rings (SSSR count). The van der Waals surface area contributed by atoms with Crippen molar-refractivity contribution in [2.45, 2.75) is 17.6 Å². The van der Waals surface area contributed by atoms with Crippen LogP contribution >= 0.6 is 0 Å². The van der Waals surface area contributed by atoms with Gasteiger partial charge in [-0.1, -0.05) is 12.1 Å². The molecule has 1 heterocycles. The van der Waals surface area contributed by atoms with Gasteiger partial charge in [-0.25, -0.2) is 12.7 Å². The third-order valence-corrected chi connectivity index (χ3v) is 6.03. The summed E-state index contributed by atoms with van der Waals surface area (Å²) in [5.74, 6) is -4.93. The number of nitrogens with zero attached hydrogens (tertiary/aromatic N) is 2. The zero-order valence-electron chi connectivity index (χ0n) is 13.7. The molecule has 6 nitrogen and oxygen atoms in total. The van der Waals surface area contributed by atoms with E-state index in [1.54, 1.807) is 6.07 Å². The number of carboxylic acids is 1. The molecule has 1 fully saturated rings. The van der Waals surface area contributed by atoms with Gasteiger partial charge in [0.15, 0.2) is 0 Å². The summed E-state index contributed by atoms with van der Waals surface area (Å²) < 4.78 is 64.4. The van der Waals surface area contributed by atoms with E-state index in [0.29, 0.717) is 5.56 Å². The van der Waals surface area contributed by atoms with Gasteiger partial charge in [-0.05, 0) is 17.7 Å². The second-order valence-corrected chi connectivity index (χ2v) is 8.37. The summed E-state index contributed by atoms with van der Waals surface area (Å²) in [5.41, 5.74) is 0.509. The highest BCUT2D eigenvalue weighted by Gasteiger charge is 2.52. The highest BCUT2D eigenvalue weighted by molar-refractivity contribution is 7.89. The molecular formula is C15H19F3N2O4S. The maximum absolute atomic E-state index is 13.0. The lowest BCUT2D eigenvalue weighted by Crippen LogP contribution is -2.33. The molecule has 0 unspecified atom stereocenters. The molecule has 1 aliphatic heterocycles. The monoisotopic (exact) mass is 380 g/mol. The van der Waals surface area contributed by atoms with Crippen LogP contribution in [0.4, 0.5) is 13.2 Å². The number of sulfonamides is 1. The molecule has 0 bridgehead atoms. The Kier molecular flexibility index (Phi) is 5.45. The molecular weight excluding hydrogens is 361 g/mol. The molecule has 0 radical (unpaired) electrons. The summed E-state index contributed by atoms with van der Waals surface area (Å²) in [6.45, 7) is -0.609. The van der Waals surface area contributed by atoms with Crippen LogP contribution in [-0.4, -0.2) is 62.1 Å². The number of rotatable bonds is 5. The average molecular weight is 380 g/mol. The molecule has 140 valence electrons. The Balaban J connectivity index is 2.20. The Morgan fingerprint density at radius 1 is 1.32 bits per heavy atom. The smallest absolute Gasteiger partial charge is 0.393 e. The van der Waals surface area contributed by atoms with Crippen LogP contribution in [0.3, 0.4) is 0 Å². The Morgan fingerprint density at radius 3 is 2.44 bits per heavy atom. The summed E-state index contributed by atoms with van der Waals surface area (Å²) in [7, 11) is -0.885. The number of halogens is 3. The van der Waals surface area contributed by atoms with E-state index in [1.165, 1.54) is 37.2 Å². The van der Waals surface area contributed by atoms with Crippen LogP contribution in [0.25, 0.3) is 0 Å². The molecule has 25 heavy (non-hydrogen) atoms. The maximum atomic E-state index is 13.0. The zero-order valence-corrected chi connectivity index (χ0v) is 14.5. The molecule has 0 aromatic heterocycles. The SMILES string of the molecule is CN(C)S(=O)(=O)c1cccc(CN2C[C@@H](C(F)(F)F)[C@H](C(=O)O)C2)c1. The Bertz CT molecular complexity index is 749. The van der Waals surface area contributed by atoms with E-state index in [9.17, 15) is 26.4 Å². The summed E-state index contributed by atoms with van der Waals surface area (Å²) >= 11 is 0. The van der Waals surface area contributed by atoms with Gasteiger partial charge in [0, 0.05) is 33.7 Å². The van der Waals surface area contributed by atoms with E-state index in [2.05, 4.69) is 0 Å². The van der Waals surface area contributed by atoms with Crippen LogP contribution in [0.15, 0.2) is 29.2 Å². The molecule has 2 atom stereocenters. The van der Waals surface area contributed by atoms with Crippen molar-refractivity contribution in [2.75, 3.05) is 27.2 Å². The van der Waals surface area contributed by atoms with Crippen molar-refractivity contribution in [1.82, 2.24) is 9.21 Å². The number of alkyl halides is 3. The van der Waals surface area contributed by atoms with Crippen LogP contribution in [0, 0.1) is 11.8 Å². The number of carboxylic acid groups (broad SMARTS) is 1. The predicted molar refractivity (Wildman–Crippen MR) is 83.3 cm³/mol. The highest BCUT2D eigenvalue weighted by Crippen LogP contribution is 2.38. The minimum absolute atomic E-state index is 0.0383. The summed E-state index contributed by atoms with van der Waals surface area (Å²) in [4.78, 5) is 12.5. The fraction of sp³-hybridized carbons (Fsp3) is 0.533. The summed E-state index contributed by atoms with van der Waals surface area (Å²) in [6, 6.07) is 5.91. The van der Waals surface area contributed by atoms with Gasteiger partial charge in [0.05, 0.1) is 16.7 Å². The van der Waals surface area contributed by atoms with Gasteiger partial charge >= 0.3 is 12.1 Å². The van der Waals surface area contributed by atoms with Gasteiger partial charge in [0.1, 0.15) is 0 Å². The van der Waals surface area contributed by atoms with Crippen molar-refractivity contribution in [3.05, 3.63) is 29.8 Å². The van der Waals surface area contributed by atoms with E-state index in [1.807, 2.05) is 0 Å². The molecule has 0 spiro atoms. The van der Waals surface area contributed by atoms with Gasteiger partial charge in [0.25, 0.3) is 0 Å². The van der Waals surface area contributed by atoms with Crippen molar-refractivity contribution in [2.24, 2.45) is 11.8 Å². The summed E-state index contributed by atoms with van der Waals surface area (Å²) in [5, 5.41) is 9.03. The Hall–Kier alpha value is -1.65. The molecule has 0 saturated carbocycles. The fourth-order valence-electron chi connectivity index (χ4n) is 2.87. The molecule has 1 aliphatic rings. The second-order valence-electron chi connectivity index (χ2n) is 6.22. The minimum Gasteiger partial charge on any atom is -0.481 e. The van der Waals surface area contributed by atoms with Crippen molar-refractivity contribution in [3.8, 4) is 0 Å². The largest absolute Gasteiger partial charge is 0.481 e. The van der Waals surface area contributed by atoms with E-state index in [-0.39, 0.29) is 18.0 Å². The number of hydrogen-bond donors (Lipinski definition) is 1. The van der Waals surface area contributed by atoms with Gasteiger partial charge in [0.2, 0.25) is 10.0 Å². The molecule has 0 amide bonds. The lowest BCUT2D eigenvalue weighted by molar-refractivity contribution is -0.188. The van der Waals surface area contributed by atoms with E-state index >= 15 is 0 Å². The predicted octanol–water partition coefficient (Wildman–Crippen LogP) is 1.63. The van der Waals surface area contributed by atoms with E-state index < -0.39 is 40.5 Å².